The van der Waals surface area contributed by atoms with Crippen LogP contribution >= 0.6 is 0 Å². The average Bonchev–Trinajstić information content (AvgIpc) is 2.37. The topological polar surface area (TPSA) is 49.8 Å². The molecule has 0 aromatic carbocycles. The van der Waals surface area contributed by atoms with E-state index in [-0.39, 0.29) is 0 Å². The number of aromatic nitrogens is 2. The predicted octanol–water partition coefficient (Wildman–Crippen LogP) is 3.06. The van der Waals surface area contributed by atoms with Gasteiger partial charge in [0.25, 0.3) is 0 Å². The van der Waals surface area contributed by atoms with Crippen LogP contribution in [0.5, 0.6) is 0 Å². The molecule has 0 radical (unpaired) electrons. The molecule has 0 amide bonds. The van der Waals surface area contributed by atoms with Gasteiger partial charge in [0.05, 0.1) is 0 Å². The molecule has 1 aromatic rings. The van der Waals surface area contributed by atoms with E-state index >= 15 is 0 Å². The van der Waals surface area contributed by atoms with Crippen molar-refractivity contribution in [3.63, 3.8) is 0 Å². The third kappa shape index (κ3) is 2.57. The van der Waals surface area contributed by atoms with Crippen LogP contribution in [0.4, 0.5) is 11.6 Å². The van der Waals surface area contributed by atoms with Crippen molar-refractivity contribution in [1.29, 1.82) is 0 Å². The van der Waals surface area contributed by atoms with E-state index in [2.05, 4.69) is 41.4 Å². The molecule has 0 saturated heterocycles. The van der Waals surface area contributed by atoms with E-state index in [0.29, 0.717) is 12.0 Å². The summed E-state index contributed by atoms with van der Waals surface area (Å²) in [5, 5.41) is 6.71. The highest BCUT2D eigenvalue weighted by atomic mass is 15.1. The molecule has 1 fully saturated rings. The third-order valence-corrected chi connectivity index (χ3v) is 4.35. The second kappa shape index (κ2) is 5.55. The Bertz CT molecular complexity index is 405. The molecule has 4 heteroatoms. The van der Waals surface area contributed by atoms with Gasteiger partial charge in [-0.25, -0.2) is 9.97 Å². The first-order valence-electron chi connectivity index (χ1n) is 6.89. The van der Waals surface area contributed by atoms with Crippen LogP contribution < -0.4 is 10.6 Å². The van der Waals surface area contributed by atoms with Crippen molar-refractivity contribution in [2.24, 2.45) is 11.8 Å². The molecule has 18 heavy (non-hydrogen) atoms. The molecule has 1 saturated carbocycles. The summed E-state index contributed by atoms with van der Waals surface area (Å²) in [6.07, 6.45) is 5.53. The summed E-state index contributed by atoms with van der Waals surface area (Å²) < 4.78 is 0. The van der Waals surface area contributed by atoms with Crippen LogP contribution in [0.1, 0.15) is 38.7 Å². The highest BCUT2D eigenvalue weighted by Gasteiger charge is 2.27. The standard InChI is InChI=1S/C14H24N4/c1-9-6-5-7-12(10(9)2)18-14-11(3)13(15-4)16-8-17-14/h8-10,12H,5-7H2,1-4H3,(H2,15,16,17,18). The normalized spacial score (nSPS) is 27.9. The van der Waals surface area contributed by atoms with Gasteiger partial charge in [0.2, 0.25) is 0 Å². The third-order valence-electron chi connectivity index (χ3n) is 4.35. The summed E-state index contributed by atoms with van der Waals surface area (Å²) in [6.45, 7) is 6.76. The molecule has 100 valence electrons. The molecule has 0 aliphatic heterocycles. The molecule has 1 heterocycles. The average molecular weight is 248 g/mol. The van der Waals surface area contributed by atoms with Gasteiger partial charge in [-0.15, -0.1) is 0 Å². The Labute approximate surface area is 110 Å². The van der Waals surface area contributed by atoms with Crippen molar-refractivity contribution in [2.45, 2.75) is 46.1 Å². The molecule has 0 bridgehead atoms. The highest BCUT2D eigenvalue weighted by Crippen LogP contribution is 2.32. The fourth-order valence-corrected chi connectivity index (χ4v) is 2.81. The van der Waals surface area contributed by atoms with Crippen LogP contribution in [0.2, 0.25) is 0 Å². The van der Waals surface area contributed by atoms with Gasteiger partial charge < -0.3 is 10.6 Å². The van der Waals surface area contributed by atoms with E-state index in [0.717, 1.165) is 23.1 Å². The van der Waals surface area contributed by atoms with Gasteiger partial charge in [-0.1, -0.05) is 26.7 Å². The van der Waals surface area contributed by atoms with E-state index in [1.165, 1.54) is 19.3 Å². The number of nitrogens with zero attached hydrogens (tertiary/aromatic N) is 2. The fourth-order valence-electron chi connectivity index (χ4n) is 2.81. The van der Waals surface area contributed by atoms with Crippen molar-refractivity contribution < 1.29 is 0 Å². The van der Waals surface area contributed by atoms with Crippen LogP contribution in [0.15, 0.2) is 6.33 Å². The van der Waals surface area contributed by atoms with E-state index in [1.807, 2.05) is 7.05 Å². The zero-order valence-electron chi connectivity index (χ0n) is 11.8. The SMILES string of the molecule is CNc1ncnc(NC2CCCC(C)C2C)c1C. The lowest BCUT2D eigenvalue weighted by molar-refractivity contribution is 0.253. The Kier molecular flexibility index (Phi) is 4.04. The largest absolute Gasteiger partial charge is 0.373 e. The molecule has 1 aliphatic carbocycles. The monoisotopic (exact) mass is 248 g/mol. The Morgan fingerprint density at radius 3 is 2.61 bits per heavy atom. The first-order valence-corrected chi connectivity index (χ1v) is 6.89. The number of nitrogens with one attached hydrogen (secondary N) is 2. The van der Waals surface area contributed by atoms with Gasteiger partial charge in [0.1, 0.15) is 18.0 Å². The van der Waals surface area contributed by atoms with Crippen LogP contribution in [0, 0.1) is 18.8 Å². The van der Waals surface area contributed by atoms with Gasteiger partial charge in [-0.3, -0.25) is 0 Å². The highest BCUT2D eigenvalue weighted by molar-refractivity contribution is 5.56. The Morgan fingerprint density at radius 1 is 1.17 bits per heavy atom. The van der Waals surface area contributed by atoms with E-state index < -0.39 is 0 Å². The van der Waals surface area contributed by atoms with Crippen molar-refractivity contribution in [3.8, 4) is 0 Å². The molecule has 0 spiro atoms. The smallest absolute Gasteiger partial charge is 0.134 e. The fraction of sp³-hybridized carbons (Fsp3) is 0.714. The minimum Gasteiger partial charge on any atom is -0.373 e. The summed E-state index contributed by atoms with van der Waals surface area (Å²) in [4.78, 5) is 8.60. The van der Waals surface area contributed by atoms with Crippen molar-refractivity contribution in [1.82, 2.24) is 9.97 Å². The molecule has 1 aromatic heterocycles. The molecule has 2 N–H and O–H groups in total. The van der Waals surface area contributed by atoms with Gasteiger partial charge in [-0.2, -0.15) is 0 Å². The second-order valence-corrected chi connectivity index (χ2v) is 5.46. The number of rotatable bonds is 3. The maximum absolute atomic E-state index is 4.38. The maximum Gasteiger partial charge on any atom is 0.134 e. The molecular formula is C14H24N4. The molecular weight excluding hydrogens is 224 g/mol. The summed E-state index contributed by atoms with van der Waals surface area (Å²) >= 11 is 0. The first kappa shape index (κ1) is 13.1. The molecule has 1 aliphatic rings. The number of hydrogen-bond acceptors (Lipinski definition) is 4. The molecule has 3 unspecified atom stereocenters. The Balaban J connectivity index is 2.13. The number of hydrogen-bond donors (Lipinski definition) is 2. The molecule has 2 rings (SSSR count). The van der Waals surface area contributed by atoms with E-state index in [4.69, 9.17) is 0 Å². The summed E-state index contributed by atoms with van der Waals surface area (Å²) in [5.41, 5.74) is 1.10. The van der Waals surface area contributed by atoms with Crippen molar-refractivity contribution in [2.75, 3.05) is 17.7 Å². The summed E-state index contributed by atoms with van der Waals surface area (Å²) in [5.74, 6) is 3.37. The maximum atomic E-state index is 4.38. The Hall–Kier alpha value is -1.32. The second-order valence-electron chi connectivity index (χ2n) is 5.46. The summed E-state index contributed by atoms with van der Waals surface area (Å²) in [7, 11) is 1.89. The predicted molar refractivity (Wildman–Crippen MR) is 75.9 cm³/mol. The lowest BCUT2D eigenvalue weighted by Crippen LogP contribution is -2.35. The van der Waals surface area contributed by atoms with Crippen LogP contribution in [-0.4, -0.2) is 23.1 Å². The van der Waals surface area contributed by atoms with Crippen LogP contribution in [-0.2, 0) is 0 Å². The molecule has 3 atom stereocenters. The quantitative estimate of drug-likeness (QED) is 0.863. The van der Waals surface area contributed by atoms with Gasteiger partial charge in [0.15, 0.2) is 0 Å². The van der Waals surface area contributed by atoms with Crippen LogP contribution in [0.3, 0.4) is 0 Å². The van der Waals surface area contributed by atoms with Crippen molar-refractivity contribution >= 4 is 11.6 Å². The van der Waals surface area contributed by atoms with Gasteiger partial charge in [0, 0.05) is 18.7 Å². The van der Waals surface area contributed by atoms with Crippen molar-refractivity contribution in [3.05, 3.63) is 11.9 Å². The Morgan fingerprint density at radius 2 is 1.89 bits per heavy atom. The summed E-state index contributed by atoms with van der Waals surface area (Å²) in [6, 6.07) is 0.534. The van der Waals surface area contributed by atoms with E-state index in [9.17, 15) is 0 Å². The van der Waals surface area contributed by atoms with Gasteiger partial charge >= 0.3 is 0 Å². The lowest BCUT2D eigenvalue weighted by atomic mass is 9.78. The minimum absolute atomic E-state index is 0.534. The zero-order valence-corrected chi connectivity index (χ0v) is 11.8. The zero-order chi connectivity index (χ0) is 13.1. The number of anilines is 2. The lowest BCUT2D eigenvalue weighted by Gasteiger charge is -2.35. The van der Waals surface area contributed by atoms with Crippen LogP contribution in [0.25, 0.3) is 0 Å². The minimum atomic E-state index is 0.534. The van der Waals surface area contributed by atoms with E-state index in [1.54, 1.807) is 6.33 Å². The van der Waals surface area contributed by atoms with Gasteiger partial charge in [-0.05, 0) is 25.2 Å². The first-order chi connectivity index (χ1) is 8.63. The molecule has 4 nitrogen and oxygen atoms in total.